The van der Waals surface area contributed by atoms with Gasteiger partial charge in [0, 0.05) is 13.1 Å². The second-order valence-corrected chi connectivity index (χ2v) is 8.47. The first-order chi connectivity index (χ1) is 14.4. The molecule has 0 spiro atoms. The lowest BCUT2D eigenvalue weighted by atomic mass is 9.99. The number of amides is 2. The fourth-order valence-electron chi connectivity index (χ4n) is 4.42. The number of carbonyl (C=O) groups excluding carboxylic acids is 2. The SMILES string of the molecule is Cc1ccc(C2=C(N(C)C3CCN(C)CC3)C(=O)N(c3ccccc3C)C2=O)cc1. The van der Waals surface area contributed by atoms with Gasteiger partial charge in [0.2, 0.25) is 0 Å². The van der Waals surface area contributed by atoms with Crippen LogP contribution in [0.1, 0.15) is 29.5 Å². The van der Waals surface area contributed by atoms with Crippen molar-refractivity contribution < 1.29 is 9.59 Å². The van der Waals surface area contributed by atoms with E-state index in [0.717, 1.165) is 42.6 Å². The van der Waals surface area contributed by atoms with Crippen molar-refractivity contribution in [3.63, 3.8) is 0 Å². The Balaban J connectivity index is 1.80. The maximum Gasteiger partial charge on any atom is 0.282 e. The third-order valence-corrected chi connectivity index (χ3v) is 6.34. The molecule has 2 aromatic rings. The maximum absolute atomic E-state index is 13.7. The summed E-state index contributed by atoms with van der Waals surface area (Å²) in [5, 5.41) is 0. The van der Waals surface area contributed by atoms with Crippen LogP contribution in [0.2, 0.25) is 0 Å². The van der Waals surface area contributed by atoms with Crippen molar-refractivity contribution in [1.82, 2.24) is 9.80 Å². The molecule has 0 aromatic heterocycles. The summed E-state index contributed by atoms with van der Waals surface area (Å²) in [6.07, 6.45) is 1.95. The molecule has 2 aliphatic heterocycles. The normalized spacial score (nSPS) is 18.5. The number of hydrogen-bond acceptors (Lipinski definition) is 4. The Hall–Kier alpha value is -2.92. The number of hydrogen-bond donors (Lipinski definition) is 0. The first-order valence-corrected chi connectivity index (χ1v) is 10.6. The predicted octanol–water partition coefficient (Wildman–Crippen LogP) is 3.61. The molecular formula is C25H29N3O2. The van der Waals surface area contributed by atoms with Crippen LogP contribution in [0.5, 0.6) is 0 Å². The molecule has 1 fully saturated rings. The Kier molecular flexibility index (Phi) is 5.48. The summed E-state index contributed by atoms with van der Waals surface area (Å²) >= 11 is 0. The highest BCUT2D eigenvalue weighted by Gasteiger charge is 2.43. The van der Waals surface area contributed by atoms with Crippen LogP contribution in [0.15, 0.2) is 54.2 Å². The van der Waals surface area contributed by atoms with E-state index < -0.39 is 0 Å². The predicted molar refractivity (Wildman–Crippen MR) is 120 cm³/mol. The zero-order valence-corrected chi connectivity index (χ0v) is 18.2. The van der Waals surface area contributed by atoms with E-state index in [-0.39, 0.29) is 17.9 Å². The minimum atomic E-state index is -0.243. The number of rotatable bonds is 4. The fourth-order valence-corrected chi connectivity index (χ4v) is 4.42. The number of benzene rings is 2. The van der Waals surface area contributed by atoms with E-state index in [2.05, 4.69) is 16.8 Å². The van der Waals surface area contributed by atoms with Gasteiger partial charge >= 0.3 is 0 Å². The molecule has 5 nitrogen and oxygen atoms in total. The maximum atomic E-state index is 13.7. The van der Waals surface area contributed by atoms with Gasteiger partial charge < -0.3 is 9.80 Å². The van der Waals surface area contributed by atoms with Crippen LogP contribution < -0.4 is 4.90 Å². The first-order valence-electron chi connectivity index (χ1n) is 10.6. The third kappa shape index (κ3) is 3.54. The van der Waals surface area contributed by atoms with E-state index in [1.807, 2.05) is 69.4 Å². The number of likely N-dealkylation sites (tertiary alicyclic amines) is 1. The Morgan fingerprint density at radius 3 is 2.17 bits per heavy atom. The number of carbonyl (C=O) groups is 2. The van der Waals surface area contributed by atoms with Gasteiger partial charge in [-0.1, -0.05) is 48.0 Å². The minimum absolute atomic E-state index is 0.230. The van der Waals surface area contributed by atoms with Crippen LogP contribution in [0.4, 0.5) is 5.69 Å². The largest absolute Gasteiger partial charge is 0.366 e. The third-order valence-electron chi connectivity index (χ3n) is 6.34. The van der Waals surface area contributed by atoms with Crippen LogP contribution in [-0.4, -0.2) is 54.8 Å². The molecule has 156 valence electrons. The molecule has 5 heteroatoms. The van der Waals surface area contributed by atoms with Crippen LogP contribution in [0.3, 0.4) is 0 Å². The van der Waals surface area contributed by atoms with Crippen LogP contribution in [0.25, 0.3) is 5.57 Å². The van der Waals surface area contributed by atoms with Gasteiger partial charge in [-0.05, 0) is 64.0 Å². The number of para-hydroxylation sites is 1. The highest BCUT2D eigenvalue weighted by atomic mass is 16.2. The molecule has 2 aliphatic rings. The monoisotopic (exact) mass is 403 g/mol. The standard InChI is InChI=1S/C25H29N3O2/c1-17-9-11-19(12-10-17)22-23(27(4)20-13-15-26(3)16-14-20)25(30)28(24(22)29)21-8-6-5-7-18(21)2/h5-12,20H,13-16H2,1-4H3. The summed E-state index contributed by atoms with van der Waals surface area (Å²) in [5.41, 5.74) is 4.50. The lowest BCUT2D eigenvalue weighted by Crippen LogP contribution is -2.43. The van der Waals surface area contributed by atoms with Crippen molar-refractivity contribution in [2.24, 2.45) is 0 Å². The second kappa shape index (κ2) is 8.07. The minimum Gasteiger partial charge on any atom is -0.366 e. The van der Waals surface area contributed by atoms with E-state index >= 15 is 0 Å². The Morgan fingerprint density at radius 2 is 1.53 bits per heavy atom. The fraction of sp³-hybridized carbons (Fsp3) is 0.360. The van der Waals surface area contributed by atoms with E-state index in [1.54, 1.807) is 0 Å². The summed E-state index contributed by atoms with van der Waals surface area (Å²) in [6.45, 7) is 5.93. The van der Waals surface area contributed by atoms with Crippen molar-refractivity contribution in [1.29, 1.82) is 0 Å². The molecule has 30 heavy (non-hydrogen) atoms. The van der Waals surface area contributed by atoms with Gasteiger partial charge in [0.05, 0.1) is 11.3 Å². The average Bonchev–Trinajstić information content (AvgIpc) is 2.99. The van der Waals surface area contributed by atoms with Gasteiger partial charge in [0.15, 0.2) is 0 Å². The number of nitrogens with zero attached hydrogens (tertiary/aromatic N) is 3. The number of piperidine rings is 1. The molecule has 0 aliphatic carbocycles. The zero-order valence-electron chi connectivity index (χ0n) is 18.2. The van der Waals surface area contributed by atoms with E-state index in [0.29, 0.717) is 17.0 Å². The molecule has 0 unspecified atom stereocenters. The summed E-state index contributed by atoms with van der Waals surface area (Å²) < 4.78 is 0. The van der Waals surface area contributed by atoms with Crippen LogP contribution in [0, 0.1) is 13.8 Å². The lowest BCUT2D eigenvalue weighted by Gasteiger charge is -2.36. The molecule has 4 rings (SSSR count). The Labute approximate surface area is 178 Å². The summed E-state index contributed by atoms with van der Waals surface area (Å²) in [5.74, 6) is -0.473. The van der Waals surface area contributed by atoms with Crippen molar-refractivity contribution in [3.8, 4) is 0 Å². The molecule has 0 N–H and O–H groups in total. The molecule has 2 aromatic carbocycles. The van der Waals surface area contributed by atoms with Gasteiger partial charge in [0.25, 0.3) is 11.8 Å². The van der Waals surface area contributed by atoms with E-state index in [4.69, 9.17) is 0 Å². The van der Waals surface area contributed by atoms with Crippen molar-refractivity contribution >= 4 is 23.1 Å². The number of anilines is 1. The quantitative estimate of drug-likeness (QED) is 0.732. The van der Waals surface area contributed by atoms with Gasteiger partial charge in [-0.15, -0.1) is 0 Å². The Morgan fingerprint density at radius 1 is 0.900 bits per heavy atom. The van der Waals surface area contributed by atoms with Gasteiger partial charge in [0.1, 0.15) is 5.70 Å². The average molecular weight is 404 g/mol. The molecule has 1 saturated heterocycles. The van der Waals surface area contributed by atoms with Gasteiger partial charge in [-0.3, -0.25) is 9.59 Å². The molecule has 0 saturated carbocycles. The molecule has 0 bridgehead atoms. The van der Waals surface area contributed by atoms with E-state index in [1.165, 1.54) is 4.90 Å². The smallest absolute Gasteiger partial charge is 0.282 e. The molecule has 2 heterocycles. The molecule has 2 amide bonds. The van der Waals surface area contributed by atoms with Crippen molar-refractivity contribution in [2.75, 3.05) is 32.1 Å². The van der Waals surface area contributed by atoms with Crippen molar-refractivity contribution in [2.45, 2.75) is 32.7 Å². The topological polar surface area (TPSA) is 43.9 Å². The summed E-state index contributed by atoms with van der Waals surface area (Å²) in [6, 6.07) is 15.7. The molecular weight excluding hydrogens is 374 g/mol. The Bertz CT molecular complexity index is 1000. The van der Waals surface area contributed by atoms with Crippen LogP contribution in [-0.2, 0) is 9.59 Å². The van der Waals surface area contributed by atoms with Crippen LogP contribution >= 0.6 is 0 Å². The molecule has 0 atom stereocenters. The number of likely N-dealkylation sites (N-methyl/N-ethyl adjacent to an activating group) is 1. The highest BCUT2D eigenvalue weighted by molar-refractivity contribution is 6.45. The number of aryl methyl sites for hydroxylation is 2. The lowest BCUT2D eigenvalue weighted by molar-refractivity contribution is -0.120. The summed E-state index contributed by atoms with van der Waals surface area (Å²) in [7, 11) is 4.09. The molecule has 0 radical (unpaired) electrons. The van der Waals surface area contributed by atoms with Crippen molar-refractivity contribution in [3.05, 3.63) is 70.9 Å². The van der Waals surface area contributed by atoms with Gasteiger partial charge in [-0.2, -0.15) is 0 Å². The second-order valence-electron chi connectivity index (χ2n) is 8.47. The highest BCUT2D eigenvalue weighted by Crippen LogP contribution is 2.37. The van der Waals surface area contributed by atoms with Gasteiger partial charge in [-0.25, -0.2) is 4.90 Å². The number of imide groups is 1. The summed E-state index contributed by atoms with van der Waals surface area (Å²) in [4.78, 5) is 33.0. The first kappa shape index (κ1) is 20.4. The van der Waals surface area contributed by atoms with E-state index in [9.17, 15) is 9.59 Å². The zero-order chi connectivity index (χ0) is 21.4.